The van der Waals surface area contributed by atoms with Crippen LogP contribution in [0.4, 0.5) is 13.2 Å². The number of para-hydroxylation sites is 1. The summed E-state index contributed by atoms with van der Waals surface area (Å²) in [5.74, 6) is -2.30. The molecular weight excluding hydrogens is 327 g/mol. The van der Waals surface area contributed by atoms with E-state index < -0.39 is 24.3 Å². The summed E-state index contributed by atoms with van der Waals surface area (Å²) in [5.41, 5.74) is 0.223. The van der Waals surface area contributed by atoms with E-state index in [1.807, 2.05) is 0 Å². The van der Waals surface area contributed by atoms with Gasteiger partial charge in [-0.3, -0.25) is 4.79 Å². The Morgan fingerprint density at radius 3 is 2.46 bits per heavy atom. The lowest BCUT2D eigenvalue weighted by Gasteiger charge is -2.20. The number of carbonyl (C=O) groups is 2. The van der Waals surface area contributed by atoms with Crippen LogP contribution in [0.2, 0.25) is 0 Å². The van der Waals surface area contributed by atoms with Crippen molar-refractivity contribution in [3.05, 3.63) is 29.8 Å². The van der Waals surface area contributed by atoms with Gasteiger partial charge in [0.05, 0.1) is 0 Å². The van der Waals surface area contributed by atoms with Crippen molar-refractivity contribution in [3.8, 4) is 5.75 Å². The quantitative estimate of drug-likeness (QED) is 0.758. The van der Waals surface area contributed by atoms with Gasteiger partial charge in [-0.2, -0.15) is 0 Å². The molecule has 8 heteroatoms. The number of benzene rings is 1. The molecule has 0 aliphatic rings. The number of nitrogens with one attached hydrogen (secondary N) is 1. The summed E-state index contributed by atoms with van der Waals surface area (Å²) in [6, 6.07) is 4.51. The predicted octanol–water partition coefficient (Wildman–Crippen LogP) is 3.13. The summed E-state index contributed by atoms with van der Waals surface area (Å²) >= 11 is 0. The molecule has 0 saturated carbocycles. The molecule has 0 fully saturated rings. The lowest BCUT2D eigenvalue weighted by Crippen LogP contribution is -2.45. The number of carbonyl (C=O) groups excluding carboxylic acids is 1. The second kappa shape index (κ2) is 8.56. The standard InChI is InChI=1S/C16H20F3NO4/c1-3-10(2)14(15(22)23)20-13(21)9-8-11-6-4-5-7-12(11)24-16(17,18)19/h4-7,10,14H,3,8-9H2,1-2H3,(H,20,21)(H,22,23)/t10-,14-/m0/s1. The molecule has 0 saturated heterocycles. The van der Waals surface area contributed by atoms with Crippen molar-refractivity contribution in [3.63, 3.8) is 0 Å². The summed E-state index contributed by atoms with van der Waals surface area (Å²) < 4.78 is 40.9. The van der Waals surface area contributed by atoms with E-state index in [2.05, 4.69) is 10.1 Å². The number of aliphatic carboxylic acids is 1. The number of amides is 1. The molecule has 134 valence electrons. The van der Waals surface area contributed by atoms with E-state index in [9.17, 15) is 22.8 Å². The first-order valence-electron chi connectivity index (χ1n) is 7.49. The van der Waals surface area contributed by atoms with Gasteiger partial charge in [-0.25, -0.2) is 4.79 Å². The number of ether oxygens (including phenoxy) is 1. The second-order valence-electron chi connectivity index (χ2n) is 5.42. The van der Waals surface area contributed by atoms with Crippen LogP contribution in [0.15, 0.2) is 24.3 Å². The van der Waals surface area contributed by atoms with Crippen molar-refractivity contribution in [1.29, 1.82) is 0 Å². The Kier molecular flexibility index (Phi) is 7.06. The van der Waals surface area contributed by atoms with Crippen LogP contribution in [0.25, 0.3) is 0 Å². The number of hydrogen-bond donors (Lipinski definition) is 2. The minimum Gasteiger partial charge on any atom is -0.480 e. The molecule has 24 heavy (non-hydrogen) atoms. The summed E-state index contributed by atoms with van der Waals surface area (Å²) in [6.45, 7) is 3.50. The Balaban J connectivity index is 2.69. The molecule has 0 bridgehead atoms. The highest BCUT2D eigenvalue weighted by Gasteiger charge is 2.32. The maximum Gasteiger partial charge on any atom is 0.573 e. The summed E-state index contributed by atoms with van der Waals surface area (Å²) in [6.07, 6.45) is -4.38. The maximum atomic E-state index is 12.3. The first-order valence-corrected chi connectivity index (χ1v) is 7.49. The van der Waals surface area contributed by atoms with E-state index >= 15 is 0 Å². The zero-order valence-electron chi connectivity index (χ0n) is 13.4. The molecule has 0 radical (unpaired) electrons. The molecule has 0 aliphatic heterocycles. The highest BCUT2D eigenvalue weighted by atomic mass is 19.4. The van der Waals surface area contributed by atoms with E-state index in [-0.39, 0.29) is 30.1 Å². The first-order chi connectivity index (χ1) is 11.1. The summed E-state index contributed by atoms with van der Waals surface area (Å²) in [4.78, 5) is 23.1. The van der Waals surface area contributed by atoms with Crippen LogP contribution in [0.5, 0.6) is 5.75 Å². The first kappa shape index (κ1) is 19.8. The summed E-state index contributed by atoms with van der Waals surface area (Å²) in [5, 5.41) is 11.5. The Morgan fingerprint density at radius 2 is 1.92 bits per heavy atom. The van der Waals surface area contributed by atoms with Gasteiger partial charge < -0.3 is 15.2 Å². The molecule has 0 aromatic heterocycles. The van der Waals surface area contributed by atoms with E-state index in [0.717, 1.165) is 0 Å². The van der Waals surface area contributed by atoms with Crippen LogP contribution >= 0.6 is 0 Å². The third kappa shape index (κ3) is 6.47. The number of aryl methyl sites for hydroxylation is 1. The smallest absolute Gasteiger partial charge is 0.480 e. The SMILES string of the molecule is CC[C@H](C)[C@H](NC(=O)CCc1ccccc1OC(F)(F)F)C(=O)O. The number of carboxylic acids is 1. The van der Waals surface area contributed by atoms with Gasteiger partial charge in [0, 0.05) is 6.42 Å². The normalized spacial score (nSPS) is 13.9. The molecule has 0 spiro atoms. The van der Waals surface area contributed by atoms with Gasteiger partial charge in [0.25, 0.3) is 0 Å². The molecule has 0 heterocycles. The average molecular weight is 347 g/mol. The topological polar surface area (TPSA) is 75.6 Å². The van der Waals surface area contributed by atoms with E-state index in [0.29, 0.717) is 6.42 Å². The zero-order chi connectivity index (χ0) is 18.3. The van der Waals surface area contributed by atoms with Crippen molar-refractivity contribution >= 4 is 11.9 Å². The molecule has 2 atom stereocenters. The van der Waals surface area contributed by atoms with Crippen LogP contribution < -0.4 is 10.1 Å². The van der Waals surface area contributed by atoms with Gasteiger partial charge in [0.2, 0.25) is 5.91 Å². The molecule has 1 aromatic carbocycles. The Bertz CT molecular complexity index is 575. The number of halogens is 3. The molecule has 5 nitrogen and oxygen atoms in total. The Labute approximate surface area is 137 Å². The molecule has 0 unspecified atom stereocenters. The number of carboxylic acid groups (broad SMARTS) is 1. The van der Waals surface area contributed by atoms with Crippen LogP contribution in [-0.4, -0.2) is 29.4 Å². The minimum absolute atomic E-state index is 0.00489. The Morgan fingerprint density at radius 1 is 1.29 bits per heavy atom. The van der Waals surface area contributed by atoms with Crippen LogP contribution in [0.3, 0.4) is 0 Å². The van der Waals surface area contributed by atoms with Gasteiger partial charge in [-0.05, 0) is 24.0 Å². The molecular formula is C16H20F3NO4. The number of alkyl halides is 3. The molecule has 1 aromatic rings. The van der Waals surface area contributed by atoms with Crippen LogP contribution in [0, 0.1) is 5.92 Å². The van der Waals surface area contributed by atoms with Crippen LogP contribution in [-0.2, 0) is 16.0 Å². The second-order valence-corrected chi connectivity index (χ2v) is 5.42. The molecule has 1 rings (SSSR count). The lowest BCUT2D eigenvalue weighted by atomic mass is 9.99. The van der Waals surface area contributed by atoms with E-state index in [4.69, 9.17) is 5.11 Å². The van der Waals surface area contributed by atoms with Crippen molar-refractivity contribution in [2.45, 2.75) is 45.5 Å². The van der Waals surface area contributed by atoms with E-state index in [1.54, 1.807) is 13.8 Å². The Hall–Kier alpha value is -2.25. The van der Waals surface area contributed by atoms with Gasteiger partial charge in [0.15, 0.2) is 0 Å². The fourth-order valence-electron chi connectivity index (χ4n) is 2.11. The van der Waals surface area contributed by atoms with Crippen molar-refractivity contribution in [2.24, 2.45) is 5.92 Å². The molecule has 1 amide bonds. The lowest BCUT2D eigenvalue weighted by molar-refractivity contribution is -0.274. The van der Waals surface area contributed by atoms with E-state index in [1.165, 1.54) is 24.3 Å². The predicted molar refractivity (Wildman–Crippen MR) is 80.5 cm³/mol. The average Bonchev–Trinajstić information content (AvgIpc) is 2.49. The minimum atomic E-state index is -4.82. The summed E-state index contributed by atoms with van der Waals surface area (Å²) in [7, 11) is 0. The van der Waals surface area contributed by atoms with Crippen molar-refractivity contribution in [1.82, 2.24) is 5.32 Å². The largest absolute Gasteiger partial charge is 0.573 e. The van der Waals surface area contributed by atoms with Crippen LogP contribution in [0.1, 0.15) is 32.3 Å². The van der Waals surface area contributed by atoms with Gasteiger partial charge in [0.1, 0.15) is 11.8 Å². The monoisotopic (exact) mass is 347 g/mol. The van der Waals surface area contributed by atoms with Gasteiger partial charge >= 0.3 is 12.3 Å². The third-order valence-corrected chi connectivity index (χ3v) is 3.62. The fourth-order valence-corrected chi connectivity index (χ4v) is 2.11. The van der Waals surface area contributed by atoms with Gasteiger partial charge in [-0.1, -0.05) is 38.5 Å². The third-order valence-electron chi connectivity index (χ3n) is 3.62. The maximum absolute atomic E-state index is 12.3. The van der Waals surface area contributed by atoms with Crippen molar-refractivity contribution < 1.29 is 32.6 Å². The number of hydrogen-bond acceptors (Lipinski definition) is 3. The zero-order valence-corrected chi connectivity index (χ0v) is 13.4. The number of rotatable bonds is 8. The fraction of sp³-hybridized carbons (Fsp3) is 0.500. The highest BCUT2D eigenvalue weighted by molar-refractivity contribution is 5.83. The highest BCUT2D eigenvalue weighted by Crippen LogP contribution is 2.27. The van der Waals surface area contributed by atoms with Gasteiger partial charge in [-0.15, -0.1) is 13.2 Å². The molecule has 0 aliphatic carbocycles. The van der Waals surface area contributed by atoms with Crippen molar-refractivity contribution in [2.75, 3.05) is 0 Å². The molecule has 2 N–H and O–H groups in total.